The van der Waals surface area contributed by atoms with Gasteiger partial charge in [0, 0.05) is 12.2 Å². The Hall–Kier alpha value is 0.137. The Morgan fingerprint density at radius 1 is 0.933 bits per heavy atom. The molecule has 0 aliphatic carbocycles. The van der Waals surface area contributed by atoms with Crippen molar-refractivity contribution in [2.75, 3.05) is 0 Å². The highest BCUT2D eigenvalue weighted by Gasteiger charge is 2.24. The lowest BCUT2D eigenvalue weighted by Crippen LogP contribution is -2.33. The third-order valence-corrected chi connectivity index (χ3v) is 5.18. The molecule has 0 N–H and O–H groups in total. The second-order valence-corrected chi connectivity index (χ2v) is 7.28. The van der Waals surface area contributed by atoms with Crippen molar-refractivity contribution < 1.29 is 8.85 Å². The van der Waals surface area contributed by atoms with Crippen LogP contribution in [0.2, 0.25) is 5.54 Å². The van der Waals surface area contributed by atoms with E-state index in [2.05, 4.69) is 41.5 Å². The van der Waals surface area contributed by atoms with Crippen LogP contribution in [-0.2, 0) is 8.85 Å². The zero-order valence-electron chi connectivity index (χ0n) is 11.2. The minimum absolute atomic E-state index is 0.296. The molecule has 0 aromatic heterocycles. The van der Waals surface area contributed by atoms with E-state index < -0.39 is 9.28 Å². The minimum Gasteiger partial charge on any atom is -0.394 e. The maximum Gasteiger partial charge on any atom is 0.324 e. The van der Waals surface area contributed by atoms with E-state index in [4.69, 9.17) is 8.85 Å². The largest absolute Gasteiger partial charge is 0.394 e. The summed E-state index contributed by atoms with van der Waals surface area (Å²) in [6, 6.07) is 0. The lowest BCUT2D eigenvalue weighted by Gasteiger charge is -2.26. The Morgan fingerprint density at radius 3 is 1.73 bits per heavy atom. The summed E-state index contributed by atoms with van der Waals surface area (Å²) in [7, 11) is -1.48. The van der Waals surface area contributed by atoms with Gasteiger partial charge in [0.25, 0.3) is 0 Å². The van der Waals surface area contributed by atoms with Crippen LogP contribution >= 0.6 is 0 Å². The van der Waals surface area contributed by atoms with Crippen molar-refractivity contribution in [3.63, 3.8) is 0 Å². The second-order valence-electron chi connectivity index (χ2n) is 4.86. The molecule has 92 valence electrons. The predicted octanol–water partition coefficient (Wildman–Crippen LogP) is 3.64. The van der Waals surface area contributed by atoms with Gasteiger partial charge in [-0.05, 0) is 39.7 Å². The van der Waals surface area contributed by atoms with Crippen LogP contribution in [0.5, 0.6) is 0 Å². The Labute approximate surface area is 97.2 Å². The molecular weight excluding hydrogens is 204 g/mol. The molecule has 0 fully saturated rings. The summed E-state index contributed by atoms with van der Waals surface area (Å²) >= 11 is 0. The smallest absolute Gasteiger partial charge is 0.324 e. The Balaban J connectivity index is 4.07. The summed E-state index contributed by atoms with van der Waals surface area (Å²) in [6.45, 7) is 12.9. The molecule has 1 unspecified atom stereocenters. The van der Waals surface area contributed by atoms with Gasteiger partial charge in [0.1, 0.15) is 0 Å². The molecule has 0 saturated carbocycles. The first-order valence-electron chi connectivity index (χ1n) is 6.28. The molecule has 3 heteroatoms. The summed E-state index contributed by atoms with van der Waals surface area (Å²) in [5.74, 6) is 0. The van der Waals surface area contributed by atoms with Gasteiger partial charge in [-0.3, -0.25) is 0 Å². The summed E-state index contributed by atoms with van der Waals surface area (Å²) in [6.07, 6.45) is 4.38. The van der Waals surface area contributed by atoms with E-state index in [1.165, 1.54) is 19.3 Å². The summed E-state index contributed by atoms with van der Waals surface area (Å²) in [4.78, 5) is 0. The zero-order valence-corrected chi connectivity index (χ0v) is 12.4. The van der Waals surface area contributed by atoms with Crippen LogP contribution in [0.4, 0.5) is 0 Å². The minimum atomic E-state index is -1.48. The molecule has 2 nitrogen and oxygen atoms in total. The Kier molecular flexibility index (Phi) is 8.38. The van der Waals surface area contributed by atoms with Crippen LogP contribution in [0.1, 0.15) is 60.8 Å². The van der Waals surface area contributed by atoms with E-state index in [0.29, 0.717) is 17.7 Å². The molecule has 0 spiro atoms. The van der Waals surface area contributed by atoms with Gasteiger partial charge in [-0.25, -0.2) is 0 Å². The van der Waals surface area contributed by atoms with Crippen LogP contribution < -0.4 is 0 Å². The highest BCUT2D eigenvalue weighted by atomic mass is 28.3. The monoisotopic (exact) mass is 232 g/mol. The van der Waals surface area contributed by atoms with Crippen molar-refractivity contribution in [1.82, 2.24) is 0 Å². The Bertz CT molecular complexity index is 139. The quantitative estimate of drug-likeness (QED) is 0.595. The fraction of sp³-hybridized carbons (Fsp3) is 1.00. The number of hydrogen-bond donors (Lipinski definition) is 0. The highest BCUT2D eigenvalue weighted by Crippen LogP contribution is 2.21. The van der Waals surface area contributed by atoms with Crippen molar-refractivity contribution in [2.45, 2.75) is 78.6 Å². The van der Waals surface area contributed by atoms with Gasteiger partial charge < -0.3 is 8.85 Å². The second kappa shape index (κ2) is 8.31. The molecule has 0 saturated heterocycles. The average Bonchev–Trinajstić information content (AvgIpc) is 2.11. The number of rotatable bonds is 8. The molecule has 0 aromatic rings. The zero-order chi connectivity index (χ0) is 11.8. The van der Waals surface area contributed by atoms with E-state index in [1.807, 2.05) is 0 Å². The van der Waals surface area contributed by atoms with Crippen molar-refractivity contribution >= 4 is 9.28 Å². The van der Waals surface area contributed by atoms with Gasteiger partial charge >= 0.3 is 9.28 Å². The molecule has 1 atom stereocenters. The molecule has 0 amide bonds. The highest BCUT2D eigenvalue weighted by molar-refractivity contribution is 6.46. The van der Waals surface area contributed by atoms with E-state index in [-0.39, 0.29) is 0 Å². The van der Waals surface area contributed by atoms with Crippen molar-refractivity contribution in [2.24, 2.45) is 0 Å². The molecule has 15 heavy (non-hydrogen) atoms. The molecular formula is C12H28O2Si. The van der Waals surface area contributed by atoms with Gasteiger partial charge in [-0.15, -0.1) is 0 Å². The number of unbranched alkanes of at least 4 members (excludes halogenated alkanes) is 1. The first-order valence-corrected chi connectivity index (χ1v) is 7.89. The van der Waals surface area contributed by atoms with Crippen LogP contribution in [0.25, 0.3) is 0 Å². The molecule has 0 aliphatic rings. The van der Waals surface area contributed by atoms with E-state index >= 15 is 0 Å². The maximum atomic E-state index is 5.94. The predicted molar refractivity (Wildman–Crippen MR) is 68.5 cm³/mol. The summed E-state index contributed by atoms with van der Waals surface area (Å²) in [5.41, 5.74) is 0.620. The number of hydrogen-bond acceptors (Lipinski definition) is 2. The van der Waals surface area contributed by atoms with E-state index in [1.54, 1.807) is 0 Å². The van der Waals surface area contributed by atoms with Crippen LogP contribution in [0, 0.1) is 0 Å². The van der Waals surface area contributed by atoms with Crippen molar-refractivity contribution in [1.29, 1.82) is 0 Å². The first kappa shape index (κ1) is 15.1. The molecule has 0 radical (unpaired) electrons. The molecule has 0 bridgehead atoms. The summed E-state index contributed by atoms with van der Waals surface area (Å²) in [5, 5.41) is 0. The van der Waals surface area contributed by atoms with Gasteiger partial charge in [-0.1, -0.05) is 26.7 Å². The molecule has 0 heterocycles. The first-order chi connectivity index (χ1) is 6.97. The van der Waals surface area contributed by atoms with Gasteiger partial charge in [0.2, 0.25) is 0 Å². The molecule has 0 rings (SSSR count). The van der Waals surface area contributed by atoms with Crippen LogP contribution in [0.15, 0.2) is 0 Å². The third kappa shape index (κ3) is 8.00. The summed E-state index contributed by atoms with van der Waals surface area (Å²) < 4.78 is 11.9. The van der Waals surface area contributed by atoms with Gasteiger partial charge in [0.05, 0.1) is 0 Å². The van der Waals surface area contributed by atoms with E-state index in [0.717, 1.165) is 0 Å². The van der Waals surface area contributed by atoms with Crippen molar-refractivity contribution in [3.05, 3.63) is 0 Å². The van der Waals surface area contributed by atoms with Crippen molar-refractivity contribution in [3.8, 4) is 0 Å². The standard InChI is InChI=1S/C12H28O2Si/c1-7-8-9-12(6)15(13-10(2)3)14-11(4)5/h10-12,15H,7-9H2,1-6H3. The molecule has 0 aliphatic heterocycles. The Morgan fingerprint density at radius 2 is 1.40 bits per heavy atom. The van der Waals surface area contributed by atoms with Crippen LogP contribution in [-0.4, -0.2) is 21.5 Å². The van der Waals surface area contributed by atoms with Gasteiger partial charge in [0.15, 0.2) is 0 Å². The topological polar surface area (TPSA) is 18.5 Å². The maximum absolute atomic E-state index is 5.94. The molecule has 0 aromatic carbocycles. The van der Waals surface area contributed by atoms with Crippen LogP contribution in [0.3, 0.4) is 0 Å². The SMILES string of the molecule is CCCCC(C)[SiH](OC(C)C)OC(C)C. The van der Waals surface area contributed by atoms with Gasteiger partial charge in [-0.2, -0.15) is 0 Å². The van der Waals surface area contributed by atoms with E-state index in [9.17, 15) is 0 Å². The fourth-order valence-corrected chi connectivity index (χ4v) is 3.68. The third-order valence-electron chi connectivity index (χ3n) is 2.29. The average molecular weight is 232 g/mol. The normalized spacial score (nSPS) is 14.2. The lowest BCUT2D eigenvalue weighted by molar-refractivity contribution is 0.122. The lowest BCUT2D eigenvalue weighted by atomic mass is 10.2. The fourth-order valence-electron chi connectivity index (χ4n) is 1.50.